The van der Waals surface area contributed by atoms with Crippen molar-refractivity contribution >= 4 is 0 Å². The minimum atomic E-state index is -5.60. The first-order valence-electron chi connectivity index (χ1n) is 6.15. The lowest BCUT2D eigenvalue weighted by molar-refractivity contribution is -0.293. The van der Waals surface area contributed by atoms with E-state index < -0.39 is 18.1 Å². The molecule has 1 N–H and O–H groups in total. The molecule has 1 aromatic rings. The molecule has 1 aliphatic rings. The number of hydrogen-bond acceptors (Lipinski definition) is 2. The van der Waals surface area contributed by atoms with Crippen LogP contribution in [0.4, 0.5) is 22.0 Å². The maximum Gasteiger partial charge on any atom is 0.455 e. The van der Waals surface area contributed by atoms with Crippen LogP contribution >= 0.6 is 0 Å². The van der Waals surface area contributed by atoms with Crippen LogP contribution < -0.4 is 10.1 Å². The molecule has 0 saturated heterocycles. The monoisotopic (exact) mass is 295 g/mol. The minimum absolute atomic E-state index is 0.0981. The predicted molar refractivity (Wildman–Crippen MR) is 63.1 cm³/mol. The van der Waals surface area contributed by atoms with Crippen LogP contribution in [-0.4, -0.2) is 25.8 Å². The number of aryl methyl sites for hydroxylation is 1. The van der Waals surface area contributed by atoms with Gasteiger partial charge in [-0.2, -0.15) is 22.0 Å². The molecule has 0 fully saturated rings. The molecule has 0 radical (unpaired) electrons. The maximum atomic E-state index is 13.5. The highest BCUT2D eigenvalue weighted by molar-refractivity contribution is 5.40. The first-order valence-corrected chi connectivity index (χ1v) is 6.15. The SMILES string of the molecule is CNC(c1ccc2c(c1)CCCO2)C(F)(F)C(F)(F)F. The molecule has 1 heterocycles. The van der Waals surface area contributed by atoms with Gasteiger partial charge in [0, 0.05) is 0 Å². The van der Waals surface area contributed by atoms with Crippen LogP contribution in [-0.2, 0) is 6.42 Å². The summed E-state index contributed by atoms with van der Waals surface area (Å²) in [6, 6.07) is 1.93. The fourth-order valence-electron chi connectivity index (χ4n) is 2.28. The summed E-state index contributed by atoms with van der Waals surface area (Å²) in [6.07, 6.45) is -4.28. The van der Waals surface area contributed by atoms with E-state index >= 15 is 0 Å². The third kappa shape index (κ3) is 2.59. The number of hydrogen-bond donors (Lipinski definition) is 1. The van der Waals surface area contributed by atoms with Gasteiger partial charge in [0.25, 0.3) is 0 Å². The van der Waals surface area contributed by atoms with E-state index in [4.69, 9.17) is 4.74 Å². The fraction of sp³-hybridized carbons (Fsp3) is 0.538. The minimum Gasteiger partial charge on any atom is -0.493 e. The fourth-order valence-corrected chi connectivity index (χ4v) is 2.28. The molecule has 1 unspecified atom stereocenters. The summed E-state index contributed by atoms with van der Waals surface area (Å²) in [6.45, 7) is 0.528. The highest BCUT2D eigenvalue weighted by Gasteiger charge is 2.62. The van der Waals surface area contributed by atoms with Gasteiger partial charge in [-0.15, -0.1) is 0 Å². The first-order chi connectivity index (χ1) is 9.27. The average Bonchev–Trinajstić information content (AvgIpc) is 2.38. The lowest BCUT2D eigenvalue weighted by atomic mass is 9.95. The lowest BCUT2D eigenvalue weighted by Gasteiger charge is -2.29. The molecule has 0 saturated carbocycles. The number of fused-ring (bicyclic) bond motifs is 1. The summed E-state index contributed by atoms with van der Waals surface area (Å²) in [5.41, 5.74) is 0.561. The van der Waals surface area contributed by atoms with Crippen LogP contribution in [0, 0.1) is 0 Å². The van der Waals surface area contributed by atoms with E-state index in [-0.39, 0.29) is 5.56 Å². The van der Waals surface area contributed by atoms with Crippen LogP contribution in [0.15, 0.2) is 18.2 Å². The summed E-state index contributed by atoms with van der Waals surface area (Å²) in [4.78, 5) is 0. The van der Waals surface area contributed by atoms with Gasteiger partial charge < -0.3 is 10.1 Å². The molecule has 2 rings (SSSR count). The molecular weight excluding hydrogens is 281 g/mol. The van der Waals surface area contributed by atoms with Gasteiger partial charge in [0.05, 0.1) is 6.61 Å². The summed E-state index contributed by atoms with van der Waals surface area (Å²) in [7, 11) is 1.08. The van der Waals surface area contributed by atoms with Gasteiger partial charge in [0.1, 0.15) is 11.8 Å². The summed E-state index contributed by atoms with van der Waals surface area (Å²) in [5.74, 6) is -4.30. The molecule has 7 heteroatoms. The zero-order valence-electron chi connectivity index (χ0n) is 10.7. The average molecular weight is 295 g/mol. The summed E-state index contributed by atoms with van der Waals surface area (Å²) < 4.78 is 69.7. The van der Waals surface area contributed by atoms with Crippen LogP contribution in [0.2, 0.25) is 0 Å². The second-order valence-corrected chi connectivity index (χ2v) is 4.66. The second kappa shape index (κ2) is 5.20. The molecule has 20 heavy (non-hydrogen) atoms. The van der Waals surface area contributed by atoms with E-state index in [1.807, 2.05) is 0 Å². The van der Waals surface area contributed by atoms with Crippen molar-refractivity contribution in [2.24, 2.45) is 0 Å². The van der Waals surface area contributed by atoms with E-state index in [0.29, 0.717) is 24.3 Å². The van der Waals surface area contributed by atoms with Crippen molar-refractivity contribution in [1.82, 2.24) is 5.32 Å². The Labute approximate surface area is 112 Å². The Kier molecular flexibility index (Phi) is 3.90. The second-order valence-electron chi connectivity index (χ2n) is 4.66. The molecule has 1 atom stereocenters. The first kappa shape index (κ1) is 15.0. The van der Waals surface area contributed by atoms with Crippen LogP contribution in [0.3, 0.4) is 0 Å². The van der Waals surface area contributed by atoms with Gasteiger partial charge in [-0.1, -0.05) is 12.1 Å². The highest BCUT2D eigenvalue weighted by atomic mass is 19.4. The summed E-state index contributed by atoms with van der Waals surface area (Å²) in [5, 5.41) is 2.06. The number of ether oxygens (including phenoxy) is 1. The molecular formula is C13H14F5NO. The maximum absolute atomic E-state index is 13.5. The smallest absolute Gasteiger partial charge is 0.455 e. The van der Waals surface area contributed by atoms with E-state index in [9.17, 15) is 22.0 Å². The number of halogens is 5. The predicted octanol–water partition coefficient (Wildman–Crippen LogP) is 3.47. The molecule has 0 aliphatic carbocycles. The van der Waals surface area contributed by atoms with Gasteiger partial charge in [-0.05, 0) is 37.1 Å². The Balaban J connectivity index is 2.37. The van der Waals surface area contributed by atoms with Crippen molar-refractivity contribution in [3.05, 3.63) is 29.3 Å². The zero-order chi connectivity index (χ0) is 15.0. The van der Waals surface area contributed by atoms with Crippen LogP contribution in [0.5, 0.6) is 5.75 Å². The lowest BCUT2D eigenvalue weighted by Crippen LogP contribution is -2.47. The van der Waals surface area contributed by atoms with Crippen molar-refractivity contribution in [2.75, 3.05) is 13.7 Å². The third-order valence-electron chi connectivity index (χ3n) is 3.30. The Bertz CT molecular complexity index is 486. The van der Waals surface area contributed by atoms with Crippen molar-refractivity contribution in [3.63, 3.8) is 0 Å². The molecule has 1 aliphatic heterocycles. The Morgan fingerprint density at radius 1 is 1.20 bits per heavy atom. The van der Waals surface area contributed by atoms with Gasteiger partial charge in [0.15, 0.2) is 0 Å². The van der Waals surface area contributed by atoms with E-state index in [2.05, 4.69) is 5.32 Å². The summed E-state index contributed by atoms with van der Waals surface area (Å²) >= 11 is 0. The van der Waals surface area contributed by atoms with Gasteiger partial charge in [0.2, 0.25) is 0 Å². The topological polar surface area (TPSA) is 21.3 Å². The molecule has 112 valence electrons. The van der Waals surface area contributed by atoms with Gasteiger partial charge in [-0.3, -0.25) is 0 Å². The Morgan fingerprint density at radius 2 is 1.90 bits per heavy atom. The van der Waals surface area contributed by atoms with Crippen molar-refractivity contribution < 1.29 is 26.7 Å². The number of rotatable bonds is 3. The van der Waals surface area contributed by atoms with E-state index in [1.165, 1.54) is 18.2 Å². The number of alkyl halides is 5. The number of nitrogens with one attached hydrogen (secondary N) is 1. The zero-order valence-corrected chi connectivity index (χ0v) is 10.7. The molecule has 1 aromatic carbocycles. The van der Waals surface area contributed by atoms with Crippen molar-refractivity contribution in [1.29, 1.82) is 0 Å². The Morgan fingerprint density at radius 3 is 2.50 bits per heavy atom. The molecule has 0 bridgehead atoms. The molecule has 2 nitrogen and oxygen atoms in total. The van der Waals surface area contributed by atoms with Crippen molar-refractivity contribution in [2.45, 2.75) is 31.0 Å². The normalized spacial score (nSPS) is 17.3. The quantitative estimate of drug-likeness (QED) is 0.862. The highest BCUT2D eigenvalue weighted by Crippen LogP contribution is 2.45. The molecule has 0 amide bonds. The molecule has 0 spiro atoms. The van der Waals surface area contributed by atoms with Crippen molar-refractivity contribution in [3.8, 4) is 5.75 Å². The van der Waals surface area contributed by atoms with Gasteiger partial charge >= 0.3 is 12.1 Å². The number of benzene rings is 1. The van der Waals surface area contributed by atoms with Crippen LogP contribution in [0.1, 0.15) is 23.6 Å². The van der Waals surface area contributed by atoms with Crippen LogP contribution in [0.25, 0.3) is 0 Å². The largest absolute Gasteiger partial charge is 0.493 e. The standard InChI is InChI=1S/C13H14F5NO/c1-19-11(12(14,15)13(16,17)18)9-4-5-10-8(7-9)3-2-6-20-10/h4-5,7,11,19H,2-3,6H2,1H3. The third-order valence-corrected chi connectivity index (χ3v) is 3.30. The van der Waals surface area contributed by atoms with E-state index in [0.717, 1.165) is 13.5 Å². The van der Waals surface area contributed by atoms with Gasteiger partial charge in [-0.25, -0.2) is 0 Å². The molecule has 0 aromatic heterocycles. The van der Waals surface area contributed by atoms with E-state index in [1.54, 1.807) is 0 Å². The Hall–Kier alpha value is -1.37.